The van der Waals surface area contributed by atoms with Gasteiger partial charge in [-0.25, -0.2) is 9.78 Å². The maximum absolute atomic E-state index is 13.3. The topological polar surface area (TPSA) is 80.6 Å². The van der Waals surface area contributed by atoms with E-state index in [0.29, 0.717) is 5.56 Å². The summed E-state index contributed by atoms with van der Waals surface area (Å²) in [4.78, 5) is 32.6. The number of thioether (sulfide) groups is 1. The second-order valence-electron chi connectivity index (χ2n) is 6.71. The number of carbonyl (C=O) groups is 2. The summed E-state index contributed by atoms with van der Waals surface area (Å²) >= 11 is 1.07. The van der Waals surface area contributed by atoms with Crippen LogP contribution >= 0.6 is 11.8 Å². The van der Waals surface area contributed by atoms with Gasteiger partial charge in [-0.15, -0.1) is 0 Å². The standard InChI is InChI=1S/C20H18F3N3O3S.C2H6/c1-11(13-6-4-5-7-14(13)20(21,22)23)25-18-26-17(28)19(2,30-18)12-8-9-24-15(10-12)16(27)29-3;1-2/h4-11H,1-3H3,(H,25,26,28);1-2H3. The Morgan fingerprint density at radius 2 is 1.91 bits per heavy atom. The Hall–Kier alpha value is -2.88. The van der Waals surface area contributed by atoms with Crippen molar-refractivity contribution in [3.05, 3.63) is 65.0 Å². The van der Waals surface area contributed by atoms with E-state index < -0.39 is 34.4 Å². The molecule has 1 aromatic heterocycles. The Balaban J connectivity index is 0.00000176. The van der Waals surface area contributed by atoms with Crippen LogP contribution in [0.1, 0.15) is 60.9 Å². The average Bonchev–Trinajstić information content (AvgIpc) is 3.08. The number of methoxy groups -OCH3 is 1. The van der Waals surface area contributed by atoms with Crippen LogP contribution in [0.15, 0.2) is 47.6 Å². The summed E-state index contributed by atoms with van der Waals surface area (Å²) in [6.07, 6.45) is -3.12. The molecule has 32 heavy (non-hydrogen) atoms. The maximum Gasteiger partial charge on any atom is 0.416 e. The molecule has 0 aliphatic carbocycles. The van der Waals surface area contributed by atoms with E-state index in [9.17, 15) is 22.8 Å². The van der Waals surface area contributed by atoms with Gasteiger partial charge in [-0.05, 0) is 43.2 Å². The van der Waals surface area contributed by atoms with Crippen molar-refractivity contribution in [1.29, 1.82) is 0 Å². The Morgan fingerprint density at radius 1 is 1.25 bits per heavy atom. The van der Waals surface area contributed by atoms with Crippen molar-refractivity contribution in [2.24, 2.45) is 4.99 Å². The molecule has 10 heteroatoms. The lowest BCUT2D eigenvalue weighted by Crippen LogP contribution is -2.32. The lowest BCUT2D eigenvalue weighted by Gasteiger charge is -2.19. The second-order valence-corrected chi connectivity index (χ2v) is 8.11. The Labute approximate surface area is 188 Å². The third-order valence-electron chi connectivity index (χ3n) is 4.69. The predicted molar refractivity (Wildman–Crippen MR) is 117 cm³/mol. The van der Waals surface area contributed by atoms with E-state index in [-0.39, 0.29) is 16.4 Å². The molecule has 1 aliphatic rings. The molecule has 0 bridgehead atoms. The summed E-state index contributed by atoms with van der Waals surface area (Å²) in [6.45, 7) is 7.17. The molecule has 0 spiro atoms. The first-order valence-electron chi connectivity index (χ1n) is 9.85. The molecule has 3 rings (SSSR count). The molecule has 1 N–H and O–H groups in total. The molecule has 2 atom stereocenters. The van der Waals surface area contributed by atoms with Gasteiger partial charge >= 0.3 is 12.1 Å². The summed E-state index contributed by atoms with van der Waals surface area (Å²) < 4.78 is 43.4. The molecule has 1 fully saturated rings. The number of aliphatic imine (C=N–C) groups is 1. The highest BCUT2D eigenvalue weighted by molar-refractivity contribution is 8.15. The molecule has 2 aromatic rings. The van der Waals surface area contributed by atoms with Gasteiger partial charge in [0.15, 0.2) is 5.17 Å². The van der Waals surface area contributed by atoms with Crippen molar-refractivity contribution in [3.63, 3.8) is 0 Å². The number of ether oxygens (including phenoxy) is 1. The van der Waals surface area contributed by atoms with Gasteiger partial charge in [0.1, 0.15) is 10.4 Å². The number of pyridine rings is 1. The maximum atomic E-state index is 13.3. The third kappa shape index (κ3) is 5.29. The van der Waals surface area contributed by atoms with E-state index in [1.165, 1.54) is 44.5 Å². The second kappa shape index (κ2) is 10.2. The van der Waals surface area contributed by atoms with E-state index in [1.807, 2.05) is 13.8 Å². The first kappa shape index (κ1) is 25.4. The van der Waals surface area contributed by atoms with Crippen molar-refractivity contribution in [3.8, 4) is 0 Å². The number of hydrogen-bond donors (Lipinski definition) is 1. The highest BCUT2D eigenvalue weighted by atomic mass is 32.2. The molecule has 2 heterocycles. The van der Waals surface area contributed by atoms with Gasteiger partial charge in [0, 0.05) is 6.20 Å². The van der Waals surface area contributed by atoms with E-state index in [4.69, 9.17) is 0 Å². The highest BCUT2D eigenvalue weighted by Gasteiger charge is 2.45. The summed E-state index contributed by atoms with van der Waals surface area (Å²) in [5.41, 5.74) is -0.218. The number of aromatic nitrogens is 1. The number of amidine groups is 1. The summed E-state index contributed by atoms with van der Waals surface area (Å²) in [6, 6.07) is 7.39. The molecule has 1 aromatic carbocycles. The van der Waals surface area contributed by atoms with Gasteiger partial charge in [-0.2, -0.15) is 13.2 Å². The molecular formula is C22H24F3N3O3S. The molecule has 1 amide bonds. The normalized spacial score (nSPS) is 20.2. The largest absolute Gasteiger partial charge is 0.464 e. The summed E-state index contributed by atoms with van der Waals surface area (Å²) in [5, 5.41) is 2.82. The summed E-state index contributed by atoms with van der Waals surface area (Å²) in [7, 11) is 1.22. The number of halogens is 3. The van der Waals surface area contributed by atoms with Crippen LogP contribution in [0.2, 0.25) is 0 Å². The fourth-order valence-corrected chi connectivity index (χ4v) is 4.17. The molecule has 2 unspecified atom stereocenters. The molecule has 1 aliphatic heterocycles. The zero-order valence-electron chi connectivity index (χ0n) is 18.3. The number of nitrogens with one attached hydrogen (secondary N) is 1. The van der Waals surface area contributed by atoms with E-state index in [0.717, 1.165) is 17.8 Å². The number of rotatable bonds is 4. The number of carbonyl (C=O) groups excluding carboxylic acids is 2. The van der Waals surface area contributed by atoms with Crippen LogP contribution < -0.4 is 5.32 Å². The van der Waals surface area contributed by atoms with Gasteiger partial charge in [0.05, 0.1) is 18.7 Å². The lowest BCUT2D eigenvalue weighted by atomic mass is 9.99. The first-order valence-corrected chi connectivity index (χ1v) is 10.7. The number of hydrogen-bond acceptors (Lipinski definition) is 6. The Morgan fingerprint density at radius 3 is 2.53 bits per heavy atom. The number of amides is 1. The van der Waals surface area contributed by atoms with Gasteiger partial charge < -0.3 is 10.1 Å². The van der Waals surface area contributed by atoms with E-state index in [2.05, 4.69) is 20.0 Å². The molecule has 0 saturated carbocycles. The van der Waals surface area contributed by atoms with Gasteiger partial charge in [0.25, 0.3) is 0 Å². The van der Waals surface area contributed by atoms with Crippen molar-refractivity contribution in [2.45, 2.75) is 44.7 Å². The number of esters is 1. The van der Waals surface area contributed by atoms with Crippen LogP contribution in [-0.2, 0) is 20.5 Å². The quantitative estimate of drug-likeness (QED) is 0.632. The van der Waals surface area contributed by atoms with Gasteiger partial charge in [-0.3, -0.25) is 9.79 Å². The zero-order chi connectivity index (χ0) is 24.1. The van der Waals surface area contributed by atoms with Crippen molar-refractivity contribution >= 4 is 28.8 Å². The molecular weight excluding hydrogens is 443 g/mol. The van der Waals surface area contributed by atoms with Crippen LogP contribution in [0, 0.1) is 0 Å². The lowest BCUT2D eigenvalue weighted by molar-refractivity contribution is -0.138. The van der Waals surface area contributed by atoms with Crippen LogP contribution in [-0.4, -0.2) is 29.1 Å². The fourth-order valence-electron chi connectivity index (χ4n) is 3.04. The predicted octanol–water partition coefficient (Wildman–Crippen LogP) is 5.11. The Kier molecular flexibility index (Phi) is 8.06. The summed E-state index contributed by atoms with van der Waals surface area (Å²) in [5.74, 6) is -1.04. The van der Waals surface area contributed by atoms with Crippen molar-refractivity contribution in [1.82, 2.24) is 10.3 Å². The number of nitrogens with zero attached hydrogens (tertiary/aromatic N) is 2. The van der Waals surface area contributed by atoms with E-state index in [1.54, 1.807) is 13.0 Å². The molecule has 172 valence electrons. The minimum atomic E-state index is -4.51. The Bertz CT molecular complexity index is 1030. The molecule has 0 radical (unpaired) electrons. The van der Waals surface area contributed by atoms with Gasteiger partial charge in [-0.1, -0.05) is 43.8 Å². The molecule has 1 saturated heterocycles. The third-order valence-corrected chi connectivity index (χ3v) is 5.92. The van der Waals surface area contributed by atoms with Crippen LogP contribution in [0.5, 0.6) is 0 Å². The molecule has 6 nitrogen and oxygen atoms in total. The zero-order valence-corrected chi connectivity index (χ0v) is 19.1. The van der Waals surface area contributed by atoms with Crippen LogP contribution in [0.25, 0.3) is 0 Å². The number of benzene rings is 1. The monoisotopic (exact) mass is 467 g/mol. The SMILES string of the molecule is CC.COC(=O)c1cc(C2(C)SC(=NC(C)c3ccccc3C(F)(F)F)NC2=O)ccn1. The number of alkyl halides is 3. The van der Waals surface area contributed by atoms with Crippen molar-refractivity contribution < 1.29 is 27.5 Å². The van der Waals surface area contributed by atoms with Crippen LogP contribution in [0.4, 0.5) is 13.2 Å². The van der Waals surface area contributed by atoms with E-state index >= 15 is 0 Å². The van der Waals surface area contributed by atoms with Crippen molar-refractivity contribution in [2.75, 3.05) is 7.11 Å². The highest BCUT2D eigenvalue weighted by Crippen LogP contribution is 2.42. The fraction of sp³-hybridized carbons (Fsp3) is 0.364. The average molecular weight is 468 g/mol. The van der Waals surface area contributed by atoms with Crippen LogP contribution in [0.3, 0.4) is 0 Å². The van der Waals surface area contributed by atoms with Gasteiger partial charge in [0.2, 0.25) is 5.91 Å². The first-order chi connectivity index (χ1) is 15.1. The smallest absolute Gasteiger partial charge is 0.416 e. The minimum Gasteiger partial charge on any atom is -0.464 e. The minimum absolute atomic E-state index is 0.0119.